The van der Waals surface area contributed by atoms with Crippen molar-refractivity contribution in [2.75, 3.05) is 13.1 Å². The van der Waals surface area contributed by atoms with E-state index >= 15 is 0 Å². The van der Waals surface area contributed by atoms with Gasteiger partial charge in [0.2, 0.25) is 6.41 Å². The molecule has 1 aromatic carbocycles. The maximum Gasteiger partial charge on any atom is 0.209 e. The van der Waals surface area contributed by atoms with Gasteiger partial charge in [0.1, 0.15) is 5.82 Å². The predicted molar refractivity (Wildman–Crippen MR) is 87.6 cm³/mol. The highest BCUT2D eigenvalue weighted by Gasteiger charge is 2.55. The molecule has 2 aromatic rings. The molecule has 5 nitrogen and oxygen atoms in total. The van der Waals surface area contributed by atoms with Gasteiger partial charge in [0, 0.05) is 24.1 Å². The Balaban J connectivity index is 1.58. The number of hydrogen-bond donors (Lipinski definition) is 1. The third-order valence-corrected chi connectivity index (χ3v) is 5.57. The van der Waals surface area contributed by atoms with E-state index in [2.05, 4.69) is 17.1 Å². The number of H-pyrrole nitrogens is 1. The molecule has 4 rings (SSSR count). The summed E-state index contributed by atoms with van der Waals surface area (Å²) in [5, 5.41) is 7.65. The Morgan fingerprint density at radius 1 is 1.30 bits per heavy atom. The zero-order valence-electron chi connectivity index (χ0n) is 13.4. The minimum atomic E-state index is 0.147. The normalized spacial score (nSPS) is 26.0. The van der Waals surface area contributed by atoms with Crippen LogP contribution in [0.3, 0.4) is 0 Å². The maximum absolute atomic E-state index is 11.0. The van der Waals surface area contributed by atoms with E-state index in [1.54, 1.807) is 0 Å². The van der Waals surface area contributed by atoms with E-state index in [0.717, 1.165) is 43.1 Å². The first-order valence-corrected chi connectivity index (χ1v) is 8.40. The molecule has 0 spiro atoms. The van der Waals surface area contributed by atoms with Gasteiger partial charge in [0.25, 0.3) is 0 Å². The van der Waals surface area contributed by atoms with Gasteiger partial charge in [-0.05, 0) is 31.1 Å². The molecule has 1 aromatic heterocycles. The van der Waals surface area contributed by atoms with Crippen LogP contribution in [0.25, 0.3) is 11.4 Å². The Morgan fingerprint density at radius 3 is 2.74 bits per heavy atom. The van der Waals surface area contributed by atoms with Crippen molar-refractivity contribution in [3.05, 3.63) is 36.2 Å². The van der Waals surface area contributed by atoms with E-state index in [-0.39, 0.29) is 5.41 Å². The van der Waals surface area contributed by atoms with Gasteiger partial charge in [-0.15, -0.1) is 0 Å². The number of amides is 1. The molecule has 2 heterocycles. The van der Waals surface area contributed by atoms with E-state index in [0.29, 0.717) is 11.8 Å². The lowest BCUT2D eigenvalue weighted by molar-refractivity contribution is -0.120. The summed E-state index contributed by atoms with van der Waals surface area (Å²) in [7, 11) is 0. The van der Waals surface area contributed by atoms with Crippen LogP contribution in [0.5, 0.6) is 0 Å². The van der Waals surface area contributed by atoms with E-state index in [1.165, 1.54) is 12.8 Å². The zero-order chi connectivity index (χ0) is 15.9. The Kier molecular flexibility index (Phi) is 3.43. The molecular formula is C18H22N4O. The van der Waals surface area contributed by atoms with E-state index in [1.807, 2.05) is 35.2 Å². The van der Waals surface area contributed by atoms with Crippen LogP contribution in [-0.2, 0) is 10.2 Å². The molecule has 1 saturated carbocycles. The molecule has 2 atom stereocenters. The van der Waals surface area contributed by atoms with Crippen LogP contribution in [0.1, 0.15) is 32.0 Å². The summed E-state index contributed by atoms with van der Waals surface area (Å²) in [6.07, 6.45) is 4.38. The highest BCUT2D eigenvalue weighted by molar-refractivity contribution is 5.54. The van der Waals surface area contributed by atoms with Crippen LogP contribution < -0.4 is 0 Å². The molecule has 1 aliphatic heterocycles. The molecule has 0 radical (unpaired) electrons. The minimum absolute atomic E-state index is 0.147. The van der Waals surface area contributed by atoms with Crippen molar-refractivity contribution in [2.24, 2.45) is 11.8 Å². The molecule has 1 amide bonds. The Bertz CT molecular complexity index is 692. The number of nitrogens with one attached hydrogen (secondary N) is 1. The first-order valence-electron chi connectivity index (χ1n) is 8.40. The zero-order valence-corrected chi connectivity index (χ0v) is 13.4. The molecule has 23 heavy (non-hydrogen) atoms. The van der Waals surface area contributed by atoms with Crippen molar-refractivity contribution in [1.29, 1.82) is 0 Å². The van der Waals surface area contributed by atoms with Gasteiger partial charge >= 0.3 is 0 Å². The topological polar surface area (TPSA) is 61.9 Å². The fourth-order valence-electron chi connectivity index (χ4n) is 4.21. The van der Waals surface area contributed by atoms with Crippen molar-refractivity contribution in [3.63, 3.8) is 0 Å². The highest BCUT2D eigenvalue weighted by atomic mass is 16.1. The number of piperidine rings is 1. The lowest BCUT2D eigenvalue weighted by Crippen LogP contribution is -2.43. The average molecular weight is 310 g/mol. The highest BCUT2D eigenvalue weighted by Crippen LogP contribution is 2.57. The van der Waals surface area contributed by atoms with Gasteiger partial charge in [-0.1, -0.05) is 37.3 Å². The molecule has 5 heteroatoms. The maximum atomic E-state index is 11.0. The largest absolute Gasteiger partial charge is 0.345 e. The third-order valence-electron chi connectivity index (χ3n) is 5.57. The Morgan fingerprint density at radius 2 is 2.09 bits per heavy atom. The Hall–Kier alpha value is -2.17. The number of rotatable bonds is 4. The molecule has 2 aliphatic rings. The molecule has 1 N–H and O–H groups in total. The Labute approximate surface area is 136 Å². The van der Waals surface area contributed by atoms with Crippen molar-refractivity contribution >= 4 is 6.41 Å². The van der Waals surface area contributed by atoms with Crippen molar-refractivity contribution in [3.8, 4) is 11.4 Å². The summed E-state index contributed by atoms with van der Waals surface area (Å²) >= 11 is 0. The summed E-state index contributed by atoms with van der Waals surface area (Å²) in [5.41, 5.74) is 1.20. The molecule has 1 aliphatic carbocycles. The second-order valence-electron chi connectivity index (χ2n) is 7.00. The fraction of sp³-hybridized carbons (Fsp3) is 0.500. The molecule has 1 saturated heterocycles. The number of carbonyl (C=O) groups excluding carboxylic acids is 1. The number of aromatic amines is 1. The quantitative estimate of drug-likeness (QED) is 0.883. The summed E-state index contributed by atoms with van der Waals surface area (Å²) in [5.74, 6) is 2.90. The second-order valence-corrected chi connectivity index (χ2v) is 7.00. The first-order chi connectivity index (χ1) is 11.2. The third kappa shape index (κ3) is 2.44. The van der Waals surface area contributed by atoms with E-state index < -0.39 is 0 Å². The van der Waals surface area contributed by atoms with Crippen LogP contribution in [0.15, 0.2) is 30.3 Å². The fourth-order valence-corrected chi connectivity index (χ4v) is 4.21. The number of benzene rings is 1. The summed E-state index contributed by atoms with van der Waals surface area (Å²) in [6.45, 7) is 3.98. The molecule has 0 bridgehead atoms. The number of nitrogens with zero attached hydrogens (tertiary/aromatic N) is 3. The first kappa shape index (κ1) is 14.4. The van der Waals surface area contributed by atoms with Crippen molar-refractivity contribution in [1.82, 2.24) is 20.1 Å². The molecule has 120 valence electrons. The number of carbonyl (C=O) groups is 1. The average Bonchev–Trinajstić information content (AvgIpc) is 3.24. The number of aromatic nitrogens is 3. The summed E-state index contributed by atoms with van der Waals surface area (Å²) < 4.78 is 0. The van der Waals surface area contributed by atoms with E-state index in [9.17, 15) is 4.79 Å². The van der Waals surface area contributed by atoms with Gasteiger partial charge in [-0.2, -0.15) is 5.10 Å². The van der Waals surface area contributed by atoms with Crippen molar-refractivity contribution < 1.29 is 4.79 Å². The lowest BCUT2D eigenvalue weighted by Gasteiger charge is -2.39. The summed E-state index contributed by atoms with van der Waals surface area (Å²) in [4.78, 5) is 17.7. The van der Waals surface area contributed by atoms with Gasteiger partial charge in [0.05, 0.1) is 0 Å². The number of likely N-dealkylation sites (tertiary alicyclic amines) is 1. The molecule has 2 unspecified atom stereocenters. The predicted octanol–water partition coefficient (Wildman–Crippen LogP) is 2.62. The lowest BCUT2D eigenvalue weighted by atomic mass is 9.75. The standard InChI is InChI=1S/C18H22N4O/c1-13-11-22(12-23)10-7-15(13)18(8-9-18)17-19-16(20-21-17)14-5-3-2-4-6-14/h2-6,12-13,15H,7-11H2,1H3,(H,19,20,21). The van der Waals surface area contributed by atoms with Crippen LogP contribution in [0.4, 0.5) is 0 Å². The molecule has 2 fully saturated rings. The van der Waals surface area contributed by atoms with Crippen LogP contribution in [-0.4, -0.2) is 39.6 Å². The number of hydrogen-bond acceptors (Lipinski definition) is 3. The second kappa shape index (κ2) is 5.48. The van der Waals surface area contributed by atoms with Gasteiger partial charge in [0.15, 0.2) is 5.82 Å². The smallest absolute Gasteiger partial charge is 0.209 e. The van der Waals surface area contributed by atoms with Crippen LogP contribution in [0.2, 0.25) is 0 Å². The van der Waals surface area contributed by atoms with Gasteiger partial charge in [-0.3, -0.25) is 9.89 Å². The van der Waals surface area contributed by atoms with Crippen LogP contribution >= 0.6 is 0 Å². The van der Waals surface area contributed by atoms with Crippen molar-refractivity contribution in [2.45, 2.75) is 31.6 Å². The van der Waals surface area contributed by atoms with Gasteiger partial charge in [-0.25, -0.2) is 4.98 Å². The molecular weight excluding hydrogens is 288 g/mol. The van der Waals surface area contributed by atoms with Gasteiger partial charge < -0.3 is 4.90 Å². The SMILES string of the molecule is CC1CN(C=O)CCC1C1(c2nc(-c3ccccc3)n[nH]2)CC1. The minimum Gasteiger partial charge on any atom is -0.345 e. The van der Waals surface area contributed by atoms with E-state index in [4.69, 9.17) is 4.98 Å². The van der Waals surface area contributed by atoms with Crippen LogP contribution in [0, 0.1) is 11.8 Å². The monoisotopic (exact) mass is 310 g/mol. The summed E-state index contributed by atoms with van der Waals surface area (Å²) in [6, 6.07) is 10.1.